The highest BCUT2D eigenvalue weighted by molar-refractivity contribution is 5.92. The number of likely N-dealkylation sites (tertiary alicyclic amines) is 1. The zero-order chi connectivity index (χ0) is 14.2. The molecule has 1 aromatic rings. The van der Waals surface area contributed by atoms with E-state index in [1.54, 1.807) is 18.7 Å². The van der Waals surface area contributed by atoms with Crippen molar-refractivity contribution in [3.05, 3.63) is 28.4 Å². The molecule has 2 rings (SSSR count). The van der Waals surface area contributed by atoms with E-state index in [-0.39, 0.29) is 6.04 Å². The fourth-order valence-electron chi connectivity index (χ4n) is 2.70. The molecule has 1 aliphatic rings. The Morgan fingerprint density at radius 1 is 1.42 bits per heavy atom. The van der Waals surface area contributed by atoms with Crippen LogP contribution >= 0.6 is 0 Å². The van der Waals surface area contributed by atoms with E-state index in [0.29, 0.717) is 12.1 Å². The summed E-state index contributed by atoms with van der Waals surface area (Å²) in [6, 6.07) is -0.0589. The first kappa shape index (κ1) is 13.8. The van der Waals surface area contributed by atoms with Crippen LogP contribution in [0.25, 0.3) is 0 Å². The highest BCUT2D eigenvalue weighted by Crippen LogP contribution is 2.36. The summed E-state index contributed by atoms with van der Waals surface area (Å²) in [6.07, 6.45) is 1.76. The Kier molecular flexibility index (Phi) is 3.73. The Morgan fingerprint density at radius 2 is 2.11 bits per heavy atom. The molecule has 1 atom stereocenters. The Morgan fingerprint density at radius 3 is 2.63 bits per heavy atom. The molecule has 104 valence electrons. The van der Waals surface area contributed by atoms with Crippen molar-refractivity contribution in [2.45, 2.75) is 46.6 Å². The number of H-pyrrole nitrogens is 1. The van der Waals surface area contributed by atoms with Gasteiger partial charge in [-0.1, -0.05) is 0 Å². The summed E-state index contributed by atoms with van der Waals surface area (Å²) < 4.78 is 13.9. The number of aryl methyl sites for hydroxylation is 2. The van der Waals surface area contributed by atoms with E-state index in [2.05, 4.69) is 10.2 Å². The molecule has 0 radical (unpaired) electrons. The second-order valence-electron chi connectivity index (χ2n) is 5.32. The molecule has 0 bridgehead atoms. The van der Waals surface area contributed by atoms with Gasteiger partial charge in [0, 0.05) is 17.8 Å². The molecule has 4 nitrogen and oxygen atoms in total. The van der Waals surface area contributed by atoms with Gasteiger partial charge in [0.2, 0.25) is 0 Å². The van der Waals surface area contributed by atoms with Crippen LogP contribution in [0.4, 0.5) is 4.39 Å². The van der Waals surface area contributed by atoms with Crippen molar-refractivity contribution in [1.82, 2.24) is 15.1 Å². The Bertz CT molecular complexity index is 509. The number of nitrogens with one attached hydrogen (secondary N) is 1. The lowest BCUT2D eigenvalue weighted by molar-refractivity contribution is -0.129. The number of aromatic amines is 1. The van der Waals surface area contributed by atoms with E-state index in [1.165, 1.54) is 0 Å². The van der Waals surface area contributed by atoms with Crippen molar-refractivity contribution in [3.63, 3.8) is 0 Å². The van der Waals surface area contributed by atoms with Gasteiger partial charge < -0.3 is 4.90 Å². The summed E-state index contributed by atoms with van der Waals surface area (Å²) in [5, 5.41) is 7.10. The number of carbonyl (C=O) groups is 1. The predicted molar refractivity (Wildman–Crippen MR) is 71.2 cm³/mol. The Labute approximate surface area is 112 Å². The van der Waals surface area contributed by atoms with Gasteiger partial charge in [-0.2, -0.15) is 5.10 Å². The molecule has 2 heterocycles. The van der Waals surface area contributed by atoms with Gasteiger partial charge in [0.25, 0.3) is 5.91 Å². The zero-order valence-electron chi connectivity index (χ0n) is 11.9. The first-order valence-electron chi connectivity index (χ1n) is 6.59. The van der Waals surface area contributed by atoms with Gasteiger partial charge in [-0.25, -0.2) is 4.39 Å². The van der Waals surface area contributed by atoms with E-state index < -0.39 is 11.7 Å². The van der Waals surface area contributed by atoms with Crippen LogP contribution in [0.5, 0.6) is 0 Å². The third-order valence-corrected chi connectivity index (χ3v) is 3.66. The van der Waals surface area contributed by atoms with E-state index in [0.717, 1.165) is 29.8 Å². The third-order valence-electron chi connectivity index (χ3n) is 3.66. The molecule has 1 N–H and O–H groups in total. The number of carbonyl (C=O) groups excluding carboxylic acids is 1. The highest BCUT2D eigenvalue weighted by Gasteiger charge is 2.34. The lowest BCUT2D eigenvalue weighted by Gasteiger charge is -2.24. The minimum absolute atomic E-state index is 0.0589. The Balaban J connectivity index is 2.33. The van der Waals surface area contributed by atoms with Gasteiger partial charge >= 0.3 is 0 Å². The second-order valence-corrected chi connectivity index (χ2v) is 5.32. The van der Waals surface area contributed by atoms with Crippen LogP contribution in [0, 0.1) is 13.8 Å². The second kappa shape index (κ2) is 5.15. The zero-order valence-corrected chi connectivity index (χ0v) is 11.9. The van der Waals surface area contributed by atoms with Gasteiger partial charge in [-0.15, -0.1) is 0 Å². The van der Waals surface area contributed by atoms with E-state index >= 15 is 0 Å². The maximum atomic E-state index is 13.9. The largest absolute Gasteiger partial charge is 0.329 e. The molecular weight excluding hydrogens is 245 g/mol. The van der Waals surface area contributed by atoms with Gasteiger partial charge in [-0.3, -0.25) is 9.89 Å². The van der Waals surface area contributed by atoms with Crippen molar-refractivity contribution in [3.8, 4) is 0 Å². The summed E-state index contributed by atoms with van der Waals surface area (Å²) >= 11 is 0. The number of hydrogen-bond acceptors (Lipinski definition) is 2. The molecule has 0 aliphatic carbocycles. The van der Waals surface area contributed by atoms with Crippen molar-refractivity contribution < 1.29 is 9.18 Å². The standard InChI is InChI=1S/C14H20FN3O/c1-8(2)13(15)14(19)18-7-5-6-11(18)12-9(3)16-17-10(12)4/h11H,5-7H2,1-4H3,(H,16,17). The molecule has 0 aromatic carbocycles. The molecule has 0 spiro atoms. The van der Waals surface area contributed by atoms with Crippen LogP contribution in [0.15, 0.2) is 11.4 Å². The van der Waals surface area contributed by atoms with E-state index in [9.17, 15) is 9.18 Å². The maximum absolute atomic E-state index is 13.9. The highest BCUT2D eigenvalue weighted by atomic mass is 19.1. The molecule has 5 heteroatoms. The van der Waals surface area contributed by atoms with Crippen LogP contribution in [-0.2, 0) is 4.79 Å². The summed E-state index contributed by atoms with van der Waals surface area (Å²) in [7, 11) is 0. The lowest BCUT2D eigenvalue weighted by atomic mass is 10.0. The van der Waals surface area contributed by atoms with Crippen molar-refractivity contribution in [2.75, 3.05) is 6.54 Å². The van der Waals surface area contributed by atoms with Gasteiger partial charge in [-0.05, 0) is 46.1 Å². The summed E-state index contributed by atoms with van der Waals surface area (Å²) in [5.41, 5.74) is 3.31. The number of rotatable bonds is 2. The average Bonchev–Trinajstić information content (AvgIpc) is 2.94. The molecule has 1 unspecified atom stereocenters. The van der Waals surface area contributed by atoms with Crippen molar-refractivity contribution in [1.29, 1.82) is 0 Å². The topological polar surface area (TPSA) is 49.0 Å². The summed E-state index contributed by atoms with van der Waals surface area (Å²) in [5.74, 6) is -1.13. The van der Waals surface area contributed by atoms with Gasteiger partial charge in [0.15, 0.2) is 5.83 Å². The van der Waals surface area contributed by atoms with Crippen LogP contribution in [0.3, 0.4) is 0 Å². The molecule has 1 fully saturated rings. The van der Waals surface area contributed by atoms with Gasteiger partial charge in [0.05, 0.1) is 11.7 Å². The van der Waals surface area contributed by atoms with E-state index in [4.69, 9.17) is 0 Å². The Hall–Kier alpha value is -1.65. The number of aromatic nitrogens is 2. The first-order valence-corrected chi connectivity index (χ1v) is 6.59. The minimum atomic E-state index is -0.634. The van der Waals surface area contributed by atoms with Crippen LogP contribution in [-0.4, -0.2) is 27.5 Å². The fraction of sp³-hybridized carbons (Fsp3) is 0.571. The summed E-state index contributed by atoms with van der Waals surface area (Å²) in [6.45, 7) is 7.69. The van der Waals surface area contributed by atoms with E-state index in [1.807, 2.05) is 13.8 Å². The molecular formula is C14H20FN3O. The SMILES string of the molecule is CC(C)=C(F)C(=O)N1CCCC1c1c(C)n[nH]c1C. The first-order chi connectivity index (χ1) is 8.93. The molecule has 1 amide bonds. The fourth-order valence-corrected chi connectivity index (χ4v) is 2.70. The molecule has 19 heavy (non-hydrogen) atoms. The van der Waals surface area contributed by atoms with Crippen LogP contribution in [0.2, 0.25) is 0 Å². The molecule has 0 saturated carbocycles. The number of halogens is 1. The van der Waals surface area contributed by atoms with Gasteiger partial charge in [0.1, 0.15) is 0 Å². The van der Waals surface area contributed by atoms with Crippen molar-refractivity contribution >= 4 is 5.91 Å². The molecule has 1 aromatic heterocycles. The quantitative estimate of drug-likeness (QED) is 0.836. The van der Waals surface area contributed by atoms with Crippen LogP contribution in [0.1, 0.15) is 49.7 Å². The average molecular weight is 265 g/mol. The van der Waals surface area contributed by atoms with Crippen molar-refractivity contribution in [2.24, 2.45) is 0 Å². The number of hydrogen-bond donors (Lipinski definition) is 1. The monoisotopic (exact) mass is 265 g/mol. The normalized spacial score (nSPS) is 18.8. The molecule has 1 aliphatic heterocycles. The predicted octanol–water partition coefficient (Wildman–Crippen LogP) is 2.95. The smallest absolute Gasteiger partial charge is 0.283 e. The lowest BCUT2D eigenvalue weighted by Crippen LogP contribution is -2.31. The minimum Gasteiger partial charge on any atom is -0.329 e. The number of allylic oxidation sites excluding steroid dienone is 1. The molecule has 1 saturated heterocycles. The maximum Gasteiger partial charge on any atom is 0.283 e. The third kappa shape index (κ3) is 2.41. The number of amides is 1. The van der Waals surface area contributed by atoms with Crippen LogP contribution < -0.4 is 0 Å². The number of nitrogens with zero attached hydrogens (tertiary/aromatic N) is 2. The summed E-state index contributed by atoms with van der Waals surface area (Å²) in [4.78, 5) is 13.8.